The molecule has 1 fully saturated rings. The van der Waals surface area contributed by atoms with Crippen molar-refractivity contribution in [1.82, 2.24) is 14.5 Å². The monoisotopic (exact) mass is 343 g/mol. The SMILES string of the molecule is CN(C)[C@H](CNC(=O)[C@H]1CCCCN1S(C)(=O)=O)c1ccco1. The third-order valence-corrected chi connectivity index (χ3v) is 5.44. The molecule has 1 N–H and O–H groups in total. The molecule has 1 amide bonds. The predicted octanol–water partition coefficient (Wildman–Crippen LogP) is 0.813. The Morgan fingerprint density at radius 3 is 2.78 bits per heavy atom. The van der Waals surface area contributed by atoms with Crippen LogP contribution in [0.15, 0.2) is 22.8 Å². The summed E-state index contributed by atoms with van der Waals surface area (Å²) >= 11 is 0. The van der Waals surface area contributed by atoms with Crippen LogP contribution in [0.4, 0.5) is 0 Å². The molecule has 0 aliphatic carbocycles. The van der Waals surface area contributed by atoms with Crippen LogP contribution in [0.5, 0.6) is 0 Å². The van der Waals surface area contributed by atoms with E-state index in [1.165, 1.54) is 4.31 Å². The van der Waals surface area contributed by atoms with E-state index in [1.54, 1.807) is 12.3 Å². The highest BCUT2D eigenvalue weighted by Crippen LogP contribution is 2.21. The second kappa shape index (κ2) is 7.46. The molecule has 130 valence electrons. The maximum absolute atomic E-state index is 12.5. The largest absolute Gasteiger partial charge is 0.468 e. The van der Waals surface area contributed by atoms with Gasteiger partial charge in [0.15, 0.2) is 0 Å². The first-order valence-corrected chi connectivity index (χ1v) is 9.60. The lowest BCUT2D eigenvalue weighted by Crippen LogP contribution is -2.52. The average molecular weight is 343 g/mol. The van der Waals surface area contributed by atoms with Gasteiger partial charge < -0.3 is 9.73 Å². The summed E-state index contributed by atoms with van der Waals surface area (Å²) in [6, 6.07) is 2.96. The van der Waals surface area contributed by atoms with Gasteiger partial charge in [0.2, 0.25) is 15.9 Å². The maximum Gasteiger partial charge on any atom is 0.238 e. The summed E-state index contributed by atoms with van der Waals surface area (Å²) < 4.78 is 30.4. The summed E-state index contributed by atoms with van der Waals surface area (Å²) in [7, 11) is 0.436. The van der Waals surface area contributed by atoms with Crippen LogP contribution in [0, 0.1) is 0 Å². The molecule has 1 aliphatic rings. The zero-order valence-corrected chi connectivity index (χ0v) is 14.7. The van der Waals surface area contributed by atoms with Gasteiger partial charge in [0, 0.05) is 13.1 Å². The van der Waals surface area contributed by atoms with Crippen molar-refractivity contribution < 1.29 is 17.6 Å². The number of likely N-dealkylation sites (N-methyl/N-ethyl adjacent to an activating group) is 1. The first-order valence-electron chi connectivity index (χ1n) is 7.75. The van der Waals surface area contributed by atoms with Gasteiger partial charge in [-0.2, -0.15) is 4.31 Å². The van der Waals surface area contributed by atoms with Gasteiger partial charge in [-0.3, -0.25) is 9.69 Å². The van der Waals surface area contributed by atoms with Crippen molar-refractivity contribution in [2.45, 2.75) is 31.3 Å². The minimum Gasteiger partial charge on any atom is -0.468 e. The van der Waals surface area contributed by atoms with Crippen molar-refractivity contribution in [3.63, 3.8) is 0 Å². The van der Waals surface area contributed by atoms with Crippen LogP contribution in [0.1, 0.15) is 31.1 Å². The number of amides is 1. The lowest BCUT2D eigenvalue weighted by molar-refractivity contribution is -0.125. The molecule has 1 saturated heterocycles. The molecule has 0 radical (unpaired) electrons. The van der Waals surface area contributed by atoms with E-state index < -0.39 is 16.1 Å². The van der Waals surface area contributed by atoms with E-state index in [0.29, 0.717) is 19.5 Å². The third kappa shape index (κ3) is 4.55. The highest BCUT2D eigenvalue weighted by molar-refractivity contribution is 7.88. The molecule has 0 aromatic carbocycles. The Hall–Kier alpha value is -1.38. The van der Waals surface area contributed by atoms with Crippen LogP contribution >= 0.6 is 0 Å². The Kier molecular flexibility index (Phi) is 5.83. The van der Waals surface area contributed by atoms with Crippen LogP contribution in [0.25, 0.3) is 0 Å². The average Bonchev–Trinajstić information content (AvgIpc) is 3.00. The van der Waals surface area contributed by atoms with Crippen molar-refractivity contribution in [1.29, 1.82) is 0 Å². The number of hydrogen-bond acceptors (Lipinski definition) is 5. The van der Waals surface area contributed by atoms with Crippen LogP contribution in [-0.2, 0) is 14.8 Å². The van der Waals surface area contributed by atoms with E-state index in [4.69, 9.17) is 4.42 Å². The maximum atomic E-state index is 12.5. The molecule has 2 atom stereocenters. The Balaban J connectivity index is 2.02. The quantitative estimate of drug-likeness (QED) is 0.826. The van der Waals surface area contributed by atoms with Crippen molar-refractivity contribution in [3.05, 3.63) is 24.2 Å². The summed E-state index contributed by atoms with van der Waals surface area (Å²) in [6.45, 7) is 0.777. The first kappa shape index (κ1) is 18.0. The van der Waals surface area contributed by atoms with Gasteiger partial charge in [-0.05, 0) is 39.1 Å². The number of piperidine rings is 1. The van der Waals surface area contributed by atoms with E-state index in [-0.39, 0.29) is 11.9 Å². The van der Waals surface area contributed by atoms with Crippen LogP contribution in [0.2, 0.25) is 0 Å². The van der Waals surface area contributed by atoms with E-state index in [9.17, 15) is 13.2 Å². The number of carbonyl (C=O) groups is 1. The van der Waals surface area contributed by atoms with Gasteiger partial charge in [0.05, 0.1) is 18.6 Å². The summed E-state index contributed by atoms with van der Waals surface area (Å²) in [5.74, 6) is 0.521. The molecule has 2 heterocycles. The number of sulfonamides is 1. The molecular formula is C15H25N3O4S. The summed E-state index contributed by atoms with van der Waals surface area (Å²) in [4.78, 5) is 14.4. The summed E-state index contributed by atoms with van der Waals surface area (Å²) in [6.07, 6.45) is 4.97. The summed E-state index contributed by atoms with van der Waals surface area (Å²) in [5.41, 5.74) is 0. The number of hydrogen-bond donors (Lipinski definition) is 1. The molecule has 0 spiro atoms. The van der Waals surface area contributed by atoms with E-state index in [2.05, 4.69) is 5.32 Å². The highest BCUT2D eigenvalue weighted by atomic mass is 32.2. The molecule has 0 bridgehead atoms. The number of rotatable bonds is 6. The lowest BCUT2D eigenvalue weighted by atomic mass is 10.0. The van der Waals surface area contributed by atoms with Gasteiger partial charge in [-0.1, -0.05) is 6.42 Å². The number of furan rings is 1. The van der Waals surface area contributed by atoms with Gasteiger partial charge in [0.1, 0.15) is 11.8 Å². The molecule has 0 saturated carbocycles. The van der Waals surface area contributed by atoms with Gasteiger partial charge >= 0.3 is 0 Å². The zero-order valence-electron chi connectivity index (χ0n) is 13.9. The Morgan fingerprint density at radius 2 is 2.22 bits per heavy atom. The van der Waals surface area contributed by atoms with Crippen molar-refractivity contribution in [2.24, 2.45) is 0 Å². The highest BCUT2D eigenvalue weighted by Gasteiger charge is 2.34. The molecule has 1 aromatic rings. The summed E-state index contributed by atoms with van der Waals surface area (Å²) in [5, 5.41) is 2.88. The Bertz CT molecular complexity index is 613. The lowest BCUT2D eigenvalue weighted by Gasteiger charge is -2.33. The first-order chi connectivity index (χ1) is 10.8. The molecule has 2 rings (SSSR count). The number of nitrogens with one attached hydrogen (secondary N) is 1. The van der Waals surface area contributed by atoms with Crippen LogP contribution < -0.4 is 5.32 Å². The smallest absolute Gasteiger partial charge is 0.238 e. The molecule has 8 heteroatoms. The minimum absolute atomic E-state index is 0.0933. The van der Waals surface area contributed by atoms with Gasteiger partial charge in [0.25, 0.3) is 0 Å². The standard InChI is InChI=1S/C15H25N3O4S/c1-17(2)13(14-8-6-10-22-14)11-16-15(19)12-7-4-5-9-18(12)23(3,20)21/h6,8,10,12-13H,4-5,7,9,11H2,1-3H3,(H,16,19)/t12-,13-/m1/s1. The second-order valence-electron chi connectivity index (χ2n) is 6.13. The molecule has 0 unspecified atom stereocenters. The Labute approximate surface area is 137 Å². The van der Waals surface area contributed by atoms with E-state index in [0.717, 1.165) is 24.9 Å². The van der Waals surface area contributed by atoms with Crippen molar-refractivity contribution in [2.75, 3.05) is 33.4 Å². The fourth-order valence-corrected chi connectivity index (χ4v) is 4.02. The fourth-order valence-electron chi connectivity index (χ4n) is 2.90. The normalized spacial score (nSPS) is 21.3. The molecule has 7 nitrogen and oxygen atoms in total. The minimum atomic E-state index is -3.37. The predicted molar refractivity (Wildman–Crippen MR) is 87.3 cm³/mol. The topological polar surface area (TPSA) is 82.9 Å². The van der Waals surface area contributed by atoms with Crippen molar-refractivity contribution in [3.8, 4) is 0 Å². The van der Waals surface area contributed by atoms with Crippen LogP contribution in [0.3, 0.4) is 0 Å². The molecular weight excluding hydrogens is 318 g/mol. The van der Waals surface area contributed by atoms with Gasteiger partial charge in [-0.25, -0.2) is 8.42 Å². The number of nitrogens with zero attached hydrogens (tertiary/aromatic N) is 2. The molecule has 1 aliphatic heterocycles. The van der Waals surface area contributed by atoms with E-state index >= 15 is 0 Å². The van der Waals surface area contributed by atoms with E-state index in [1.807, 2.05) is 25.1 Å². The third-order valence-electron chi connectivity index (χ3n) is 4.15. The fraction of sp³-hybridized carbons (Fsp3) is 0.667. The number of carbonyl (C=O) groups excluding carboxylic acids is 1. The molecule has 23 heavy (non-hydrogen) atoms. The van der Waals surface area contributed by atoms with Crippen LogP contribution in [-0.4, -0.2) is 63.0 Å². The molecule has 1 aromatic heterocycles. The van der Waals surface area contributed by atoms with Gasteiger partial charge in [-0.15, -0.1) is 0 Å². The Morgan fingerprint density at radius 1 is 1.48 bits per heavy atom. The zero-order chi connectivity index (χ0) is 17.0. The second-order valence-corrected chi connectivity index (χ2v) is 8.06. The van der Waals surface area contributed by atoms with Crippen molar-refractivity contribution >= 4 is 15.9 Å².